The molecule has 0 heterocycles. The van der Waals surface area contributed by atoms with Gasteiger partial charge in [-0.2, -0.15) is 0 Å². The predicted octanol–water partition coefficient (Wildman–Crippen LogP) is 3.16. The Kier molecular flexibility index (Phi) is 8.57. The van der Waals surface area contributed by atoms with E-state index in [2.05, 4.69) is 0 Å². The molecule has 0 aromatic heterocycles. The summed E-state index contributed by atoms with van der Waals surface area (Å²) >= 11 is 0. The van der Waals surface area contributed by atoms with Gasteiger partial charge in [-0.25, -0.2) is 4.79 Å². The number of benzene rings is 1. The van der Waals surface area contributed by atoms with Gasteiger partial charge >= 0.3 is 12.1 Å². The molecule has 0 radical (unpaired) electrons. The Balaban J connectivity index is 1.77. The van der Waals surface area contributed by atoms with E-state index < -0.39 is 30.4 Å². The van der Waals surface area contributed by atoms with Crippen LogP contribution < -0.4 is 5.73 Å². The van der Waals surface area contributed by atoms with E-state index >= 15 is 0 Å². The zero-order valence-electron chi connectivity index (χ0n) is 17.0. The largest absolute Gasteiger partial charge is 0.508 e. The number of aromatic hydroxyl groups is 2. The fraction of sp³-hybridized carbons (Fsp3) is 0.619. The molecule has 1 aromatic rings. The first-order valence-corrected chi connectivity index (χ1v) is 10.1. The van der Waals surface area contributed by atoms with Crippen LogP contribution in [0, 0.1) is 0 Å². The molecule has 0 amide bonds. The van der Waals surface area contributed by atoms with Crippen molar-refractivity contribution in [2.45, 2.75) is 83.1 Å². The lowest BCUT2D eigenvalue weighted by Crippen LogP contribution is -2.39. The summed E-state index contributed by atoms with van der Waals surface area (Å²) in [6.45, 7) is 3.23. The number of hydrogen-bond acceptors (Lipinski definition) is 8. The third-order valence-corrected chi connectivity index (χ3v) is 5.11. The molecule has 1 aromatic carbocycles. The van der Waals surface area contributed by atoms with Crippen LogP contribution in [-0.4, -0.2) is 46.7 Å². The third-order valence-electron chi connectivity index (χ3n) is 5.11. The van der Waals surface area contributed by atoms with Crippen molar-refractivity contribution >= 4 is 12.1 Å². The van der Waals surface area contributed by atoms with Crippen molar-refractivity contribution in [1.82, 2.24) is 0 Å². The van der Waals surface area contributed by atoms with E-state index in [9.17, 15) is 19.8 Å². The van der Waals surface area contributed by atoms with Gasteiger partial charge in [0.25, 0.3) is 0 Å². The average Bonchev–Trinajstić information content (AvgIpc) is 2.93. The fourth-order valence-electron chi connectivity index (χ4n) is 3.17. The highest BCUT2D eigenvalue weighted by Gasteiger charge is 2.26. The molecule has 1 fully saturated rings. The summed E-state index contributed by atoms with van der Waals surface area (Å²) in [5, 5.41) is 18.9. The second-order valence-electron chi connectivity index (χ2n) is 7.58. The second kappa shape index (κ2) is 10.9. The van der Waals surface area contributed by atoms with Gasteiger partial charge in [0.05, 0.1) is 0 Å². The fourth-order valence-corrected chi connectivity index (χ4v) is 3.17. The van der Waals surface area contributed by atoms with E-state index in [0.717, 1.165) is 38.5 Å². The van der Waals surface area contributed by atoms with Gasteiger partial charge < -0.3 is 30.2 Å². The third kappa shape index (κ3) is 7.45. The van der Waals surface area contributed by atoms with E-state index in [1.807, 2.05) is 0 Å². The zero-order chi connectivity index (χ0) is 21.4. The van der Waals surface area contributed by atoms with Crippen molar-refractivity contribution in [3.05, 3.63) is 23.8 Å². The minimum atomic E-state index is -0.966. The summed E-state index contributed by atoms with van der Waals surface area (Å²) in [6, 6.07) is 3.25. The van der Waals surface area contributed by atoms with Crippen LogP contribution in [0.1, 0.15) is 57.9 Å². The van der Waals surface area contributed by atoms with E-state index in [-0.39, 0.29) is 24.0 Å². The molecule has 2 rings (SSSR count). The van der Waals surface area contributed by atoms with Crippen molar-refractivity contribution in [2.24, 2.45) is 5.73 Å². The number of rotatable bonds is 7. The van der Waals surface area contributed by atoms with Gasteiger partial charge in [0.2, 0.25) is 0 Å². The summed E-state index contributed by atoms with van der Waals surface area (Å²) in [5.74, 6) is -1.19. The quantitative estimate of drug-likeness (QED) is 0.356. The highest BCUT2D eigenvalue weighted by atomic mass is 16.7. The van der Waals surface area contributed by atoms with Crippen LogP contribution in [0.15, 0.2) is 18.2 Å². The molecule has 0 unspecified atom stereocenters. The van der Waals surface area contributed by atoms with Gasteiger partial charge in [-0.05, 0) is 63.6 Å². The Morgan fingerprint density at radius 2 is 1.66 bits per heavy atom. The Hall–Kier alpha value is -2.48. The molecule has 3 atom stereocenters. The van der Waals surface area contributed by atoms with Gasteiger partial charge in [0, 0.05) is 0 Å². The molecule has 8 nitrogen and oxygen atoms in total. The molecular weight excluding hydrogens is 378 g/mol. The first-order valence-electron chi connectivity index (χ1n) is 10.1. The van der Waals surface area contributed by atoms with E-state index in [4.69, 9.17) is 19.9 Å². The maximum absolute atomic E-state index is 12.2. The van der Waals surface area contributed by atoms with Gasteiger partial charge in [-0.1, -0.05) is 18.9 Å². The lowest BCUT2D eigenvalue weighted by atomic mass is 10.1. The van der Waals surface area contributed by atoms with E-state index in [1.165, 1.54) is 12.1 Å². The Labute approximate surface area is 170 Å². The number of phenolic OH excluding ortho intramolecular Hbond substituents is 2. The van der Waals surface area contributed by atoms with Crippen molar-refractivity contribution in [3.63, 3.8) is 0 Å². The topological polar surface area (TPSA) is 128 Å². The lowest BCUT2D eigenvalue weighted by molar-refractivity contribution is -0.155. The molecule has 1 aliphatic rings. The van der Waals surface area contributed by atoms with Crippen LogP contribution in [0.3, 0.4) is 0 Å². The van der Waals surface area contributed by atoms with Gasteiger partial charge in [0.15, 0.2) is 11.5 Å². The summed E-state index contributed by atoms with van der Waals surface area (Å²) < 4.78 is 15.9. The van der Waals surface area contributed by atoms with E-state index in [0.29, 0.717) is 5.56 Å². The van der Waals surface area contributed by atoms with Crippen LogP contribution in [0.5, 0.6) is 11.5 Å². The first kappa shape index (κ1) is 22.8. The van der Waals surface area contributed by atoms with Gasteiger partial charge in [0.1, 0.15) is 24.4 Å². The number of phenols is 2. The molecule has 4 N–H and O–H groups in total. The van der Waals surface area contributed by atoms with Crippen LogP contribution >= 0.6 is 0 Å². The van der Waals surface area contributed by atoms with E-state index in [1.54, 1.807) is 19.9 Å². The Morgan fingerprint density at radius 1 is 1.03 bits per heavy atom. The monoisotopic (exact) mass is 409 g/mol. The molecule has 1 saturated carbocycles. The molecule has 8 heteroatoms. The lowest BCUT2D eigenvalue weighted by Gasteiger charge is -2.23. The second-order valence-corrected chi connectivity index (χ2v) is 7.58. The number of carbonyl (C=O) groups is 2. The van der Waals surface area contributed by atoms with Crippen molar-refractivity contribution in [3.8, 4) is 11.5 Å². The Morgan fingerprint density at radius 3 is 2.28 bits per heavy atom. The smallest absolute Gasteiger partial charge is 0.504 e. The minimum absolute atomic E-state index is 0.120. The number of ether oxygens (including phenoxy) is 3. The summed E-state index contributed by atoms with van der Waals surface area (Å²) in [6.07, 6.45) is 3.93. The zero-order valence-corrected chi connectivity index (χ0v) is 17.0. The van der Waals surface area contributed by atoms with Crippen molar-refractivity contribution in [2.75, 3.05) is 0 Å². The normalized spacial score (nSPS) is 18.2. The maximum Gasteiger partial charge on any atom is 0.508 e. The molecule has 0 aliphatic heterocycles. The number of esters is 1. The summed E-state index contributed by atoms with van der Waals surface area (Å²) in [4.78, 5) is 24.2. The van der Waals surface area contributed by atoms with Crippen molar-refractivity contribution < 1.29 is 34.0 Å². The molecule has 1 aliphatic carbocycles. The maximum atomic E-state index is 12.2. The summed E-state index contributed by atoms with van der Waals surface area (Å²) in [5.41, 5.74) is 6.45. The highest BCUT2D eigenvalue weighted by Crippen LogP contribution is 2.25. The SMILES string of the molecule is C[C@@H](OC(=O)OC1CCCCCC1)[C@@H](C)OC(=O)[C@@H](N)Cc1ccc(O)c(O)c1. The molecule has 0 spiro atoms. The van der Waals surface area contributed by atoms with Crippen molar-refractivity contribution in [1.29, 1.82) is 0 Å². The molecule has 162 valence electrons. The molecule has 29 heavy (non-hydrogen) atoms. The number of carbonyl (C=O) groups excluding carboxylic acids is 2. The van der Waals surface area contributed by atoms with Crippen LogP contribution in [0.2, 0.25) is 0 Å². The predicted molar refractivity (Wildman–Crippen MR) is 106 cm³/mol. The molecule has 0 saturated heterocycles. The van der Waals surface area contributed by atoms with Gasteiger partial charge in [-0.15, -0.1) is 0 Å². The van der Waals surface area contributed by atoms with Gasteiger partial charge in [-0.3, -0.25) is 4.79 Å². The van der Waals surface area contributed by atoms with Crippen LogP contribution in [-0.2, 0) is 25.4 Å². The minimum Gasteiger partial charge on any atom is -0.504 e. The average molecular weight is 409 g/mol. The first-order chi connectivity index (χ1) is 13.8. The van der Waals surface area contributed by atoms with Crippen LogP contribution in [0.25, 0.3) is 0 Å². The highest BCUT2D eigenvalue weighted by molar-refractivity contribution is 5.76. The number of hydrogen-bond donors (Lipinski definition) is 3. The number of nitrogens with two attached hydrogens (primary N) is 1. The van der Waals surface area contributed by atoms with Crippen LogP contribution in [0.4, 0.5) is 4.79 Å². The Bertz CT molecular complexity index is 686. The molecular formula is C21H31NO7. The molecule has 0 bridgehead atoms. The summed E-state index contributed by atoms with van der Waals surface area (Å²) in [7, 11) is 0. The standard InChI is InChI=1S/C21H31NO7/c1-13(14(2)28-21(26)29-16-7-5-3-4-6-8-16)27-20(25)17(22)11-15-9-10-18(23)19(24)12-15/h9-10,12-14,16-17,23-24H,3-8,11,22H2,1-2H3/t13-,14-,17+/m1/s1.